The SMILES string of the molecule is CCNC(c1cnccc1C)C1Cc2ccccc2O1. The van der Waals surface area contributed by atoms with Gasteiger partial charge in [-0.1, -0.05) is 25.1 Å². The number of rotatable bonds is 4. The molecule has 3 heteroatoms. The first-order valence-corrected chi connectivity index (χ1v) is 7.18. The average Bonchev–Trinajstić information content (AvgIpc) is 2.89. The molecule has 0 radical (unpaired) electrons. The van der Waals surface area contributed by atoms with E-state index in [1.807, 2.05) is 18.5 Å². The molecule has 1 aliphatic heterocycles. The van der Waals surface area contributed by atoms with Crippen molar-refractivity contribution in [2.45, 2.75) is 32.4 Å². The molecule has 2 aromatic rings. The zero-order valence-corrected chi connectivity index (χ0v) is 12.0. The summed E-state index contributed by atoms with van der Waals surface area (Å²) >= 11 is 0. The first kappa shape index (κ1) is 13.1. The van der Waals surface area contributed by atoms with Crippen LogP contribution in [0.5, 0.6) is 5.75 Å². The van der Waals surface area contributed by atoms with Crippen molar-refractivity contribution >= 4 is 0 Å². The normalized spacial score (nSPS) is 18.4. The first-order valence-electron chi connectivity index (χ1n) is 7.18. The van der Waals surface area contributed by atoms with E-state index in [9.17, 15) is 0 Å². The summed E-state index contributed by atoms with van der Waals surface area (Å²) < 4.78 is 6.14. The molecule has 0 saturated heterocycles. The van der Waals surface area contributed by atoms with Crippen LogP contribution in [0.15, 0.2) is 42.7 Å². The van der Waals surface area contributed by atoms with Crippen molar-refractivity contribution < 1.29 is 4.74 Å². The second-order valence-electron chi connectivity index (χ2n) is 5.24. The Balaban J connectivity index is 1.88. The van der Waals surface area contributed by atoms with E-state index < -0.39 is 0 Å². The summed E-state index contributed by atoms with van der Waals surface area (Å²) in [5.74, 6) is 1.02. The number of hydrogen-bond donors (Lipinski definition) is 1. The van der Waals surface area contributed by atoms with E-state index >= 15 is 0 Å². The van der Waals surface area contributed by atoms with Gasteiger partial charge in [-0.15, -0.1) is 0 Å². The summed E-state index contributed by atoms with van der Waals surface area (Å²) in [4.78, 5) is 4.27. The maximum absolute atomic E-state index is 6.14. The summed E-state index contributed by atoms with van der Waals surface area (Å²) in [6, 6.07) is 10.5. The van der Waals surface area contributed by atoms with Gasteiger partial charge in [0, 0.05) is 18.8 Å². The molecule has 1 aromatic carbocycles. The van der Waals surface area contributed by atoms with E-state index in [1.165, 1.54) is 16.7 Å². The van der Waals surface area contributed by atoms with Crippen LogP contribution in [0.25, 0.3) is 0 Å². The molecule has 0 spiro atoms. The Hall–Kier alpha value is -1.87. The fraction of sp³-hybridized carbons (Fsp3) is 0.353. The van der Waals surface area contributed by atoms with E-state index in [1.54, 1.807) is 0 Å². The van der Waals surface area contributed by atoms with E-state index in [-0.39, 0.29) is 12.1 Å². The van der Waals surface area contributed by atoms with Crippen LogP contribution in [0.2, 0.25) is 0 Å². The minimum atomic E-state index is 0.134. The number of likely N-dealkylation sites (N-methyl/N-ethyl adjacent to an activating group) is 1. The molecule has 2 unspecified atom stereocenters. The Morgan fingerprint density at radius 2 is 2.20 bits per heavy atom. The number of para-hydroxylation sites is 1. The van der Waals surface area contributed by atoms with Crippen molar-refractivity contribution in [3.63, 3.8) is 0 Å². The third-order valence-electron chi connectivity index (χ3n) is 3.88. The van der Waals surface area contributed by atoms with Crippen LogP contribution < -0.4 is 10.1 Å². The second-order valence-corrected chi connectivity index (χ2v) is 5.24. The highest BCUT2D eigenvalue weighted by Crippen LogP contribution is 2.34. The van der Waals surface area contributed by atoms with E-state index in [2.05, 4.69) is 48.4 Å². The van der Waals surface area contributed by atoms with Gasteiger partial charge in [-0.25, -0.2) is 0 Å². The molecule has 0 fully saturated rings. The minimum absolute atomic E-state index is 0.134. The van der Waals surface area contributed by atoms with Crippen LogP contribution in [0.3, 0.4) is 0 Å². The summed E-state index contributed by atoms with van der Waals surface area (Å²) in [6.07, 6.45) is 4.87. The largest absolute Gasteiger partial charge is 0.488 e. The fourth-order valence-corrected chi connectivity index (χ4v) is 2.86. The summed E-state index contributed by atoms with van der Waals surface area (Å²) in [6.45, 7) is 5.17. The smallest absolute Gasteiger partial charge is 0.123 e. The van der Waals surface area contributed by atoms with E-state index in [0.717, 1.165) is 18.7 Å². The Labute approximate surface area is 120 Å². The highest BCUT2D eigenvalue weighted by Gasteiger charge is 2.31. The van der Waals surface area contributed by atoms with Crippen molar-refractivity contribution in [1.29, 1.82) is 0 Å². The Morgan fingerprint density at radius 3 is 2.95 bits per heavy atom. The van der Waals surface area contributed by atoms with E-state index in [0.29, 0.717) is 0 Å². The van der Waals surface area contributed by atoms with Crippen LogP contribution in [-0.2, 0) is 6.42 Å². The Kier molecular flexibility index (Phi) is 3.70. The molecule has 3 nitrogen and oxygen atoms in total. The van der Waals surface area contributed by atoms with Gasteiger partial charge >= 0.3 is 0 Å². The van der Waals surface area contributed by atoms with Crippen molar-refractivity contribution in [2.75, 3.05) is 6.54 Å². The third kappa shape index (κ3) is 2.41. The highest BCUT2D eigenvalue weighted by atomic mass is 16.5. The Morgan fingerprint density at radius 1 is 1.35 bits per heavy atom. The van der Waals surface area contributed by atoms with Crippen molar-refractivity contribution in [3.05, 3.63) is 59.4 Å². The summed E-state index contributed by atoms with van der Waals surface area (Å²) in [7, 11) is 0. The van der Waals surface area contributed by atoms with Gasteiger partial charge in [0.25, 0.3) is 0 Å². The molecular weight excluding hydrogens is 248 g/mol. The number of nitrogens with zero attached hydrogens (tertiary/aromatic N) is 1. The van der Waals surface area contributed by atoms with Gasteiger partial charge in [-0.05, 0) is 42.3 Å². The molecule has 0 aliphatic carbocycles. The maximum Gasteiger partial charge on any atom is 0.123 e. The zero-order valence-electron chi connectivity index (χ0n) is 12.0. The van der Waals surface area contributed by atoms with Crippen molar-refractivity contribution in [2.24, 2.45) is 0 Å². The minimum Gasteiger partial charge on any atom is -0.488 e. The lowest BCUT2D eigenvalue weighted by Crippen LogP contribution is -2.35. The first-order chi connectivity index (χ1) is 9.79. The lowest BCUT2D eigenvalue weighted by atomic mass is 9.96. The highest BCUT2D eigenvalue weighted by molar-refractivity contribution is 5.39. The number of aryl methyl sites for hydroxylation is 1. The van der Waals surface area contributed by atoms with Gasteiger partial charge in [0.05, 0.1) is 6.04 Å². The van der Waals surface area contributed by atoms with Crippen molar-refractivity contribution in [3.8, 4) is 5.75 Å². The maximum atomic E-state index is 6.14. The standard InChI is InChI=1S/C17H20N2O/c1-3-19-17(14-11-18-9-8-12(14)2)16-10-13-6-4-5-7-15(13)20-16/h4-9,11,16-17,19H,3,10H2,1-2H3. The molecular formula is C17H20N2O. The third-order valence-corrected chi connectivity index (χ3v) is 3.88. The van der Waals surface area contributed by atoms with E-state index in [4.69, 9.17) is 4.74 Å². The average molecular weight is 268 g/mol. The second kappa shape index (κ2) is 5.63. The van der Waals surface area contributed by atoms with Crippen molar-refractivity contribution in [1.82, 2.24) is 10.3 Å². The molecule has 1 aromatic heterocycles. The number of aromatic nitrogens is 1. The molecule has 20 heavy (non-hydrogen) atoms. The molecule has 0 bridgehead atoms. The summed E-state index contributed by atoms with van der Waals surface area (Å²) in [5.41, 5.74) is 3.78. The summed E-state index contributed by atoms with van der Waals surface area (Å²) in [5, 5.41) is 3.55. The number of hydrogen-bond acceptors (Lipinski definition) is 3. The van der Waals surface area contributed by atoms with Crippen LogP contribution in [0.1, 0.15) is 29.7 Å². The van der Waals surface area contributed by atoms with Gasteiger partial charge in [0.2, 0.25) is 0 Å². The monoisotopic (exact) mass is 268 g/mol. The molecule has 0 saturated carbocycles. The lowest BCUT2D eigenvalue weighted by Gasteiger charge is -2.25. The van der Waals surface area contributed by atoms with Crippen LogP contribution in [0.4, 0.5) is 0 Å². The Bertz CT molecular complexity index is 572. The number of fused-ring (bicyclic) bond motifs is 1. The molecule has 1 N–H and O–H groups in total. The van der Waals surface area contributed by atoms with Crippen LogP contribution in [-0.4, -0.2) is 17.6 Å². The number of pyridine rings is 1. The van der Waals surface area contributed by atoms with Crippen LogP contribution >= 0.6 is 0 Å². The molecule has 1 aliphatic rings. The predicted molar refractivity (Wildman–Crippen MR) is 80.0 cm³/mol. The molecule has 3 rings (SSSR count). The molecule has 0 amide bonds. The molecule has 2 heterocycles. The van der Waals surface area contributed by atoms with Gasteiger partial charge in [-0.3, -0.25) is 4.98 Å². The van der Waals surface area contributed by atoms with Gasteiger partial charge in [-0.2, -0.15) is 0 Å². The predicted octanol–water partition coefficient (Wildman–Crippen LogP) is 3.04. The number of ether oxygens (including phenoxy) is 1. The molecule has 2 atom stereocenters. The zero-order chi connectivity index (χ0) is 13.9. The van der Waals surface area contributed by atoms with Gasteiger partial charge in [0.1, 0.15) is 11.9 Å². The topological polar surface area (TPSA) is 34.2 Å². The van der Waals surface area contributed by atoms with Gasteiger partial charge < -0.3 is 10.1 Å². The quantitative estimate of drug-likeness (QED) is 0.925. The number of benzene rings is 1. The van der Waals surface area contributed by atoms with Gasteiger partial charge in [0.15, 0.2) is 0 Å². The molecule has 104 valence electrons. The fourth-order valence-electron chi connectivity index (χ4n) is 2.86. The number of nitrogens with one attached hydrogen (secondary N) is 1. The van der Waals surface area contributed by atoms with Crippen LogP contribution in [0, 0.1) is 6.92 Å². The lowest BCUT2D eigenvalue weighted by molar-refractivity contribution is 0.179.